The number of benzene rings is 1. The van der Waals surface area contributed by atoms with E-state index < -0.39 is 6.10 Å². The Bertz CT molecular complexity index is 603. The van der Waals surface area contributed by atoms with Gasteiger partial charge in [-0.15, -0.1) is 0 Å². The molecule has 2 N–H and O–H groups in total. The number of anilines is 1. The Morgan fingerprint density at radius 3 is 2.57 bits per heavy atom. The molecule has 116 valence electrons. The molecular weight excluding hydrogens is 331 g/mol. The van der Waals surface area contributed by atoms with Crippen molar-refractivity contribution in [1.29, 1.82) is 0 Å². The van der Waals surface area contributed by atoms with Crippen molar-refractivity contribution in [3.05, 3.63) is 16.1 Å². The van der Waals surface area contributed by atoms with Crippen LogP contribution in [0.4, 0.5) is 5.69 Å². The highest BCUT2D eigenvalue weighted by Crippen LogP contribution is 2.35. The van der Waals surface area contributed by atoms with E-state index in [0.717, 1.165) is 24.8 Å². The van der Waals surface area contributed by atoms with E-state index in [0.29, 0.717) is 39.9 Å². The predicted octanol–water partition coefficient (Wildman–Crippen LogP) is 3.11. The third-order valence-corrected chi connectivity index (χ3v) is 4.44. The predicted molar refractivity (Wildman–Crippen MR) is 89.7 cm³/mol. The van der Waals surface area contributed by atoms with Gasteiger partial charge < -0.3 is 15.3 Å². The van der Waals surface area contributed by atoms with E-state index in [1.165, 1.54) is 0 Å². The lowest BCUT2D eigenvalue weighted by molar-refractivity contribution is 0.128. The minimum absolute atomic E-state index is 0.393. The van der Waals surface area contributed by atoms with Crippen molar-refractivity contribution in [2.75, 3.05) is 31.5 Å². The van der Waals surface area contributed by atoms with Gasteiger partial charge in [0.1, 0.15) is 11.0 Å². The highest BCUT2D eigenvalue weighted by molar-refractivity contribution is 7.00. The number of hydrogen-bond donors (Lipinski definition) is 2. The number of aromatic nitrogens is 2. The monoisotopic (exact) mass is 348 g/mol. The molecule has 1 unspecified atom stereocenters. The summed E-state index contributed by atoms with van der Waals surface area (Å²) in [4.78, 5) is 2.16. The molecule has 0 bridgehead atoms. The summed E-state index contributed by atoms with van der Waals surface area (Å²) in [5, 5.41) is 14.2. The molecule has 8 heteroatoms. The van der Waals surface area contributed by atoms with Crippen LogP contribution in [0.5, 0.6) is 0 Å². The van der Waals surface area contributed by atoms with Crippen LogP contribution in [0.15, 0.2) is 6.07 Å². The summed E-state index contributed by atoms with van der Waals surface area (Å²) in [6.07, 6.45) is -0.488. The molecule has 0 spiro atoms. The number of hydrogen-bond acceptors (Lipinski definition) is 6. The molecule has 1 aromatic heterocycles. The van der Waals surface area contributed by atoms with E-state index >= 15 is 0 Å². The highest BCUT2D eigenvalue weighted by atomic mass is 35.5. The fraction of sp³-hybridized carbons (Fsp3) is 0.538. The van der Waals surface area contributed by atoms with Crippen LogP contribution in [0.3, 0.4) is 0 Å². The van der Waals surface area contributed by atoms with Crippen molar-refractivity contribution in [2.45, 2.75) is 20.0 Å². The van der Waals surface area contributed by atoms with Gasteiger partial charge in [0.25, 0.3) is 0 Å². The van der Waals surface area contributed by atoms with E-state index in [-0.39, 0.29) is 0 Å². The van der Waals surface area contributed by atoms with Gasteiger partial charge in [-0.1, -0.05) is 37.0 Å². The number of nitrogens with zero attached hydrogens (tertiary/aromatic N) is 3. The second kappa shape index (κ2) is 7.56. The van der Waals surface area contributed by atoms with Gasteiger partial charge >= 0.3 is 0 Å². The normalized spacial score (nSPS) is 13.0. The van der Waals surface area contributed by atoms with Crippen LogP contribution in [0.2, 0.25) is 10.0 Å². The molecule has 0 aliphatic heterocycles. The minimum atomic E-state index is -0.488. The summed E-state index contributed by atoms with van der Waals surface area (Å²) < 4.78 is 8.37. The smallest absolute Gasteiger partial charge is 0.130 e. The SMILES string of the molecule is CCN(CC)CC(O)CNc1c(Cl)cc(Cl)c2nsnc12. The van der Waals surface area contributed by atoms with Crippen molar-refractivity contribution in [3.63, 3.8) is 0 Å². The quantitative estimate of drug-likeness (QED) is 0.804. The summed E-state index contributed by atoms with van der Waals surface area (Å²) in [5.41, 5.74) is 1.95. The lowest BCUT2D eigenvalue weighted by Gasteiger charge is -2.22. The molecular formula is C13H18Cl2N4OS. The van der Waals surface area contributed by atoms with Crippen molar-refractivity contribution in [3.8, 4) is 0 Å². The molecule has 0 aliphatic rings. The van der Waals surface area contributed by atoms with Gasteiger partial charge in [0.15, 0.2) is 0 Å². The fourth-order valence-electron chi connectivity index (χ4n) is 2.11. The molecule has 21 heavy (non-hydrogen) atoms. The fourth-order valence-corrected chi connectivity index (χ4v) is 3.29. The van der Waals surface area contributed by atoms with Crippen molar-refractivity contribution >= 4 is 51.7 Å². The number of rotatable bonds is 7. The summed E-state index contributed by atoms with van der Waals surface area (Å²) >= 11 is 13.4. The maximum Gasteiger partial charge on any atom is 0.130 e. The van der Waals surface area contributed by atoms with Crippen molar-refractivity contribution in [1.82, 2.24) is 13.6 Å². The van der Waals surface area contributed by atoms with Crippen LogP contribution in [-0.4, -0.2) is 51.0 Å². The van der Waals surface area contributed by atoms with E-state index in [4.69, 9.17) is 23.2 Å². The zero-order chi connectivity index (χ0) is 15.4. The third kappa shape index (κ3) is 3.96. The minimum Gasteiger partial charge on any atom is -0.390 e. The first-order valence-electron chi connectivity index (χ1n) is 6.81. The average Bonchev–Trinajstić information content (AvgIpc) is 2.94. The van der Waals surface area contributed by atoms with Crippen LogP contribution in [0.25, 0.3) is 11.0 Å². The van der Waals surface area contributed by atoms with Crippen LogP contribution in [0, 0.1) is 0 Å². The number of likely N-dealkylation sites (N-methyl/N-ethyl adjacent to an activating group) is 1. The number of aliphatic hydroxyl groups excluding tert-OH is 1. The number of aliphatic hydroxyl groups is 1. The summed E-state index contributed by atoms with van der Waals surface area (Å²) in [6.45, 7) is 6.98. The van der Waals surface area contributed by atoms with Gasteiger partial charge in [0.2, 0.25) is 0 Å². The molecule has 1 aromatic carbocycles. The van der Waals surface area contributed by atoms with E-state index in [1.807, 2.05) is 0 Å². The number of fused-ring (bicyclic) bond motifs is 1. The topological polar surface area (TPSA) is 61.3 Å². The first kappa shape index (κ1) is 16.7. The molecule has 2 rings (SSSR count). The summed E-state index contributed by atoms with van der Waals surface area (Å²) in [7, 11) is 0. The molecule has 5 nitrogen and oxygen atoms in total. The van der Waals surface area contributed by atoms with Crippen LogP contribution < -0.4 is 5.32 Å². The molecule has 0 saturated heterocycles. The van der Waals surface area contributed by atoms with Crippen molar-refractivity contribution in [2.24, 2.45) is 0 Å². The Kier molecular flexibility index (Phi) is 6.01. The molecule has 1 atom stereocenters. The molecule has 0 fully saturated rings. The largest absolute Gasteiger partial charge is 0.390 e. The Hall–Kier alpha value is -0.660. The number of halogens is 2. The van der Waals surface area contributed by atoms with Crippen LogP contribution in [-0.2, 0) is 0 Å². The summed E-state index contributed by atoms with van der Waals surface area (Å²) in [5.74, 6) is 0. The molecule has 0 aliphatic carbocycles. The highest BCUT2D eigenvalue weighted by Gasteiger charge is 2.15. The second-order valence-electron chi connectivity index (χ2n) is 4.70. The third-order valence-electron chi connectivity index (χ3n) is 3.32. The Morgan fingerprint density at radius 2 is 1.90 bits per heavy atom. The maximum absolute atomic E-state index is 10.1. The molecule has 2 aromatic rings. The second-order valence-corrected chi connectivity index (χ2v) is 6.04. The first-order valence-corrected chi connectivity index (χ1v) is 8.30. The molecule has 0 radical (unpaired) electrons. The first-order chi connectivity index (χ1) is 10.1. The van der Waals surface area contributed by atoms with E-state index in [1.54, 1.807) is 6.07 Å². The van der Waals surface area contributed by atoms with Gasteiger partial charge in [-0.3, -0.25) is 0 Å². The Morgan fingerprint density at radius 1 is 1.24 bits per heavy atom. The molecule has 0 amide bonds. The van der Waals surface area contributed by atoms with Gasteiger partial charge in [0.05, 0.1) is 33.6 Å². The van der Waals surface area contributed by atoms with Gasteiger partial charge in [-0.05, 0) is 19.2 Å². The van der Waals surface area contributed by atoms with Gasteiger partial charge in [-0.2, -0.15) is 8.75 Å². The van der Waals surface area contributed by atoms with Crippen molar-refractivity contribution < 1.29 is 5.11 Å². The Balaban J connectivity index is 2.08. The lowest BCUT2D eigenvalue weighted by Crippen LogP contribution is -2.36. The average molecular weight is 349 g/mol. The zero-order valence-corrected chi connectivity index (χ0v) is 14.3. The summed E-state index contributed by atoms with van der Waals surface area (Å²) in [6, 6.07) is 1.64. The van der Waals surface area contributed by atoms with E-state index in [9.17, 15) is 5.11 Å². The van der Waals surface area contributed by atoms with Crippen LogP contribution >= 0.6 is 34.9 Å². The molecule has 1 heterocycles. The van der Waals surface area contributed by atoms with Gasteiger partial charge in [-0.25, -0.2) is 0 Å². The zero-order valence-electron chi connectivity index (χ0n) is 11.9. The van der Waals surface area contributed by atoms with Gasteiger partial charge in [0, 0.05) is 13.1 Å². The van der Waals surface area contributed by atoms with Crippen LogP contribution in [0.1, 0.15) is 13.8 Å². The Labute approximate surface area is 138 Å². The standard InChI is InChI=1S/C13H18Cl2N4OS/c1-3-19(4-2)7-8(20)6-16-11-9(14)5-10(15)12-13(11)18-21-17-12/h5,8,16,20H,3-4,6-7H2,1-2H3. The maximum atomic E-state index is 10.1. The number of nitrogens with one attached hydrogen (secondary N) is 1. The van der Waals surface area contributed by atoms with E-state index in [2.05, 4.69) is 32.8 Å². The lowest BCUT2D eigenvalue weighted by atomic mass is 10.2. The molecule has 0 saturated carbocycles.